The number of amides is 1. The summed E-state index contributed by atoms with van der Waals surface area (Å²) in [4.78, 5) is 15.4. The predicted molar refractivity (Wildman–Crippen MR) is 91.6 cm³/mol. The molecule has 4 unspecified atom stereocenters. The SMILES string of the molecule is CC(C(=O)N1CC2CC3CC(C2)CC1C3)C(N)c1ccccc1. The highest BCUT2D eigenvalue weighted by molar-refractivity contribution is 5.80. The zero-order chi connectivity index (χ0) is 16.0. The fourth-order valence-corrected chi connectivity index (χ4v) is 5.43. The zero-order valence-electron chi connectivity index (χ0n) is 14.0. The quantitative estimate of drug-likeness (QED) is 0.930. The molecular formula is C20H28N2O. The molecule has 4 atom stereocenters. The van der Waals surface area contributed by atoms with Crippen LogP contribution in [0.25, 0.3) is 0 Å². The molecule has 4 aliphatic rings. The van der Waals surface area contributed by atoms with Crippen LogP contribution in [-0.4, -0.2) is 23.4 Å². The number of carbonyl (C=O) groups is 1. The van der Waals surface area contributed by atoms with Gasteiger partial charge in [-0.1, -0.05) is 37.3 Å². The maximum absolute atomic E-state index is 13.2. The predicted octanol–water partition coefficient (Wildman–Crippen LogP) is 3.36. The average molecular weight is 312 g/mol. The number of rotatable bonds is 3. The Morgan fingerprint density at radius 1 is 1.04 bits per heavy atom. The van der Waals surface area contributed by atoms with Gasteiger partial charge in [-0.2, -0.15) is 0 Å². The molecule has 1 amide bonds. The normalized spacial score (nSPS) is 35.0. The minimum absolute atomic E-state index is 0.145. The Morgan fingerprint density at radius 3 is 2.30 bits per heavy atom. The number of fused-ring (bicyclic) bond motifs is 1. The summed E-state index contributed by atoms with van der Waals surface area (Å²) in [5.74, 6) is 2.60. The van der Waals surface area contributed by atoms with E-state index in [2.05, 4.69) is 4.90 Å². The van der Waals surface area contributed by atoms with E-state index in [1.807, 2.05) is 37.3 Å². The molecule has 23 heavy (non-hydrogen) atoms. The molecule has 2 saturated heterocycles. The highest BCUT2D eigenvalue weighted by Gasteiger charge is 2.45. The van der Waals surface area contributed by atoms with Crippen molar-refractivity contribution < 1.29 is 4.79 Å². The van der Waals surface area contributed by atoms with Gasteiger partial charge in [0.1, 0.15) is 0 Å². The molecule has 124 valence electrons. The number of hydrogen-bond donors (Lipinski definition) is 1. The summed E-state index contributed by atoms with van der Waals surface area (Å²) < 4.78 is 0. The first-order valence-corrected chi connectivity index (χ1v) is 9.22. The van der Waals surface area contributed by atoms with Gasteiger partial charge in [0.25, 0.3) is 0 Å². The van der Waals surface area contributed by atoms with E-state index in [4.69, 9.17) is 5.73 Å². The van der Waals surface area contributed by atoms with Gasteiger partial charge in [0.2, 0.25) is 5.91 Å². The summed E-state index contributed by atoms with van der Waals surface area (Å²) >= 11 is 0. The van der Waals surface area contributed by atoms with Crippen molar-refractivity contribution in [1.29, 1.82) is 0 Å². The third-order valence-electron chi connectivity index (χ3n) is 6.50. The summed E-state index contributed by atoms with van der Waals surface area (Å²) in [7, 11) is 0. The second-order valence-corrected chi connectivity index (χ2v) is 8.15. The van der Waals surface area contributed by atoms with Gasteiger partial charge in [0, 0.05) is 18.6 Å². The van der Waals surface area contributed by atoms with Crippen LogP contribution >= 0.6 is 0 Å². The Morgan fingerprint density at radius 2 is 1.65 bits per heavy atom. The standard InChI is InChI=1S/C20H28N2O/c1-13(19(21)17-5-3-2-4-6-17)20(23)22-12-16-8-14-7-15(9-16)11-18(22)10-14/h2-6,13-16,18-19H,7-12,21H2,1H3. The lowest BCUT2D eigenvalue weighted by atomic mass is 9.68. The van der Waals surface area contributed by atoms with Gasteiger partial charge in [-0.25, -0.2) is 0 Å². The van der Waals surface area contributed by atoms with E-state index in [0.29, 0.717) is 6.04 Å². The summed E-state index contributed by atoms with van der Waals surface area (Å²) in [6.07, 6.45) is 6.55. The minimum Gasteiger partial charge on any atom is -0.339 e. The van der Waals surface area contributed by atoms with Gasteiger partial charge in [-0.15, -0.1) is 0 Å². The zero-order valence-corrected chi connectivity index (χ0v) is 14.0. The molecule has 1 aromatic carbocycles. The van der Waals surface area contributed by atoms with Gasteiger partial charge in [-0.3, -0.25) is 4.79 Å². The Labute approximate surface area is 139 Å². The van der Waals surface area contributed by atoms with Crippen LogP contribution in [0, 0.1) is 23.7 Å². The molecular weight excluding hydrogens is 284 g/mol. The van der Waals surface area contributed by atoms with Crippen LogP contribution < -0.4 is 5.73 Å². The third-order valence-corrected chi connectivity index (χ3v) is 6.50. The molecule has 3 heteroatoms. The van der Waals surface area contributed by atoms with E-state index in [-0.39, 0.29) is 17.9 Å². The van der Waals surface area contributed by atoms with Crippen molar-refractivity contribution in [1.82, 2.24) is 4.90 Å². The van der Waals surface area contributed by atoms with E-state index in [9.17, 15) is 4.79 Å². The molecule has 2 aliphatic carbocycles. The molecule has 2 heterocycles. The molecule has 4 fully saturated rings. The molecule has 0 spiro atoms. The van der Waals surface area contributed by atoms with E-state index in [0.717, 1.165) is 29.9 Å². The van der Waals surface area contributed by atoms with Crippen molar-refractivity contribution in [3.63, 3.8) is 0 Å². The van der Waals surface area contributed by atoms with Gasteiger partial charge in [0.05, 0.1) is 5.92 Å². The topological polar surface area (TPSA) is 46.3 Å². The molecule has 3 nitrogen and oxygen atoms in total. The highest BCUT2D eigenvalue weighted by Crippen LogP contribution is 2.47. The molecule has 0 aromatic heterocycles. The number of nitrogens with zero attached hydrogens (tertiary/aromatic N) is 1. The summed E-state index contributed by atoms with van der Waals surface area (Å²) in [5.41, 5.74) is 7.47. The number of hydrogen-bond acceptors (Lipinski definition) is 2. The molecule has 4 bridgehead atoms. The van der Waals surface area contributed by atoms with Gasteiger partial charge in [0.15, 0.2) is 0 Å². The third kappa shape index (κ3) is 2.80. The Kier molecular flexibility index (Phi) is 3.92. The first kappa shape index (κ1) is 15.2. The molecule has 5 rings (SSSR count). The van der Waals surface area contributed by atoms with E-state index < -0.39 is 0 Å². The lowest BCUT2D eigenvalue weighted by Gasteiger charge is -2.39. The van der Waals surface area contributed by atoms with Gasteiger partial charge in [-0.05, 0) is 55.4 Å². The van der Waals surface area contributed by atoms with Crippen LogP contribution in [0.15, 0.2) is 30.3 Å². The number of nitrogens with two attached hydrogens (primary N) is 1. The van der Waals surface area contributed by atoms with Gasteiger partial charge >= 0.3 is 0 Å². The van der Waals surface area contributed by atoms with Crippen LogP contribution in [0.1, 0.15) is 50.6 Å². The van der Waals surface area contributed by atoms with E-state index in [1.165, 1.54) is 32.1 Å². The highest BCUT2D eigenvalue weighted by atomic mass is 16.2. The van der Waals surface area contributed by atoms with Crippen molar-refractivity contribution in [2.24, 2.45) is 29.4 Å². The first-order valence-electron chi connectivity index (χ1n) is 9.22. The average Bonchev–Trinajstić information content (AvgIpc) is 2.77. The van der Waals surface area contributed by atoms with Crippen molar-refractivity contribution >= 4 is 5.91 Å². The largest absolute Gasteiger partial charge is 0.339 e. The van der Waals surface area contributed by atoms with Gasteiger partial charge < -0.3 is 10.6 Å². The molecule has 2 aliphatic heterocycles. The summed E-state index contributed by atoms with van der Waals surface area (Å²) in [5, 5.41) is 0. The van der Waals surface area contributed by atoms with Crippen LogP contribution in [0.2, 0.25) is 0 Å². The van der Waals surface area contributed by atoms with E-state index in [1.54, 1.807) is 0 Å². The smallest absolute Gasteiger partial charge is 0.227 e. The lowest BCUT2D eigenvalue weighted by molar-refractivity contribution is -0.138. The Hall–Kier alpha value is -1.35. The number of carbonyl (C=O) groups excluding carboxylic acids is 1. The maximum atomic E-state index is 13.2. The molecule has 2 saturated carbocycles. The van der Waals surface area contributed by atoms with Crippen molar-refractivity contribution in [2.75, 3.05) is 6.54 Å². The van der Waals surface area contributed by atoms with Crippen LogP contribution in [0.4, 0.5) is 0 Å². The van der Waals surface area contributed by atoms with Crippen molar-refractivity contribution in [3.05, 3.63) is 35.9 Å². The second-order valence-electron chi connectivity index (χ2n) is 8.15. The van der Waals surface area contributed by atoms with Crippen LogP contribution in [0.3, 0.4) is 0 Å². The molecule has 1 aromatic rings. The lowest BCUT2D eigenvalue weighted by Crippen LogP contribution is -2.46. The number of benzene rings is 1. The Bertz CT molecular complexity index is 558. The first-order chi connectivity index (χ1) is 11.1. The monoisotopic (exact) mass is 312 g/mol. The van der Waals surface area contributed by atoms with Crippen LogP contribution in [-0.2, 0) is 4.79 Å². The minimum atomic E-state index is -0.207. The van der Waals surface area contributed by atoms with Crippen molar-refractivity contribution in [3.8, 4) is 0 Å². The summed E-state index contributed by atoms with van der Waals surface area (Å²) in [6.45, 7) is 2.98. The van der Waals surface area contributed by atoms with Crippen molar-refractivity contribution in [2.45, 2.75) is 51.1 Å². The molecule has 0 radical (unpaired) electrons. The second kappa shape index (κ2) is 5.94. The van der Waals surface area contributed by atoms with Crippen LogP contribution in [0.5, 0.6) is 0 Å². The fraction of sp³-hybridized carbons (Fsp3) is 0.650. The fourth-order valence-electron chi connectivity index (χ4n) is 5.43. The van der Waals surface area contributed by atoms with E-state index >= 15 is 0 Å². The summed E-state index contributed by atoms with van der Waals surface area (Å²) in [6, 6.07) is 10.3. The molecule has 2 N–H and O–H groups in total. The Balaban J connectivity index is 1.52. The maximum Gasteiger partial charge on any atom is 0.227 e.